The molecular weight excluding hydrogens is 192 g/mol. The topological polar surface area (TPSA) is 64.3 Å². The van der Waals surface area contributed by atoms with Crippen molar-refractivity contribution in [3.05, 3.63) is 0 Å². The van der Waals surface area contributed by atoms with Crippen molar-refractivity contribution in [2.75, 3.05) is 13.2 Å². The molecule has 1 amide bonds. The molecule has 0 heterocycles. The Morgan fingerprint density at radius 2 is 2.13 bits per heavy atom. The van der Waals surface area contributed by atoms with Crippen LogP contribution in [0.15, 0.2) is 0 Å². The van der Waals surface area contributed by atoms with Crippen LogP contribution in [0.25, 0.3) is 0 Å². The minimum absolute atomic E-state index is 0.264. The Hall–Kier alpha value is -0.610. The van der Waals surface area contributed by atoms with Gasteiger partial charge in [0.25, 0.3) is 0 Å². The molecule has 1 rings (SSSR count). The van der Waals surface area contributed by atoms with Gasteiger partial charge in [-0.2, -0.15) is 0 Å². The molecule has 0 aliphatic heterocycles. The van der Waals surface area contributed by atoms with E-state index in [1.54, 1.807) is 6.92 Å². The molecular formula is C11H22N2O2. The van der Waals surface area contributed by atoms with Gasteiger partial charge >= 0.3 is 0 Å². The summed E-state index contributed by atoms with van der Waals surface area (Å²) in [4.78, 5) is 10.7. The van der Waals surface area contributed by atoms with Crippen LogP contribution in [0.1, 0.15) is 39.0 Å². The maximum Gasteiger partial charge on any atom is 0.234 e. The molecule has 1 fully saturated rings. The average molecular weight is 214 g/mol. The predicted octanol–water partition coefficient (Wildman–Crippen LogP) is 0.799. The summed E-state index contributed by atoms with van der Waals surface area (Å²) in [5.74, 6) is -0.312. The van der Waals surface area contributed by atoms with Crippen molar-refractivity contribution in [2.45, 2.75) is 51.2 Å². The molecule has 0 saturated heterocycles. The zero-order chi connectivity index (χ0) is 11.1. The van der Waals surface area contributed by atoms with Crippen LogP contribution in [0.2, 0.25) is 0 Å². The molecule has 0 spiro atoms. The molecule has 4 nitrogen and oxygen atoms in total. The van der Waals surface area contributed by atoms with Crippen molar-refractivity contribution >= 4 is 5.91 Å². The highest BCUT2D eigenvalue weighted by Gasteiger charge is 2.13. The molecule has 1 atom stereocenters. The lowest BCUT2D eigenvalue weighted by molar-refractivity contribution is -0.119. The molecule has 15 heavy (non-hydrogen) atoms. The van der Waals surface area contributed by atoms with E-state index >= 15 is 0 Å². The highest BCUT2D eigenvalue weighted by molar-refractivity contribution is 5.79. The first kappa shape index (κ1) is 12.5. The van der Waals surface area contributed by atoms with E-state index in [4.69, 9.17) is 10.5 Å². The van der Waals surface area contributed by atoms with Gasteiger partial charge in [0.05, 0.1) is 18.8 Å². The maximum absolute atomic E-state index is 10.7. The third kappa shape index (κ3) is 5.14. The van der Waals surface area contributed by atoms with Crippen molar-refractivity contribution < 1.29 is 9.53 Å². The maximum atomic E-state index is 10.7. The molecule has 0 aromatic rings. The molecule has 1 aliphatic carbocycles. The second kappa shape index (κ2) is 6.80. The summed E-state index contributed by atoms with van der Waals surface area (Å²) in [6.07, 6.45) is 6.73. The largest absolute Gasteiger partial charge is 0.377 e. The highest BCUT2D eigenvalue weighted by atomic mass is 16.5. The van der Waals surface area contributed by atoms with E-state index in [-0.39, 0.29) is 11.9 Å². The minimum atomic E-state index is -0.312. The quantitative estimate of drug-likeness (QED) is 0.643. The number of amides is 1. The van der Waals surface area contributed by atoms with E-state index < -0.39 is 0 Å². The van der Waals surface area contributed by atoms with Crippen LogP contribution in [0, 0.1) is 0 Å². The lowest BCUT2D eigenvalue weighted by Gasteiger charge is -2.22. The van der Waals surface area contributed by atoms with Crippen LogP contribution in [0.3, 0.4) is 0 Å². The molecule has 1 unspecified atom stereocenters. The Morgan fingerprint density at radius 3 is 2.73 bits per heavy atom. The first-order valence-corrected chi connectivity index (χ1v) is 5.84. The molecule has 88 valence electrons. The molecule has 3 N–H and O–H groups in total. The Bertz CT molecular complexity index is 191. The highest BCUT2D eigenvalue weighted by Crippen LogP contribution is 2.19. The van der Waals surface area contributed by atoms with Crippen LogP contribution < -0.4 is 11.1 Å². The Morgan fingerprint density at radius 1 is 1.47 bits per heavy atom. The van der Waals surface area contributed by atoms with Crippen LogP contribution in [0.5, 0.6) is 0 Å². The van der Waals surface area contributed by atoms with Crippen molar-refractivity contribution in [3.63, 3.8) is 0 Å². The standard InChI is InChI=1S/C11H22N2O2/c1-9(11(12)14)13-7-8-15-10-5-3-2-4-6-10/h9-10,13H,2-8H2,1H3,(H2,12,14). The van der Waals surface area contributed by atoms with Gasteiger partial charge in [-0.3, -0.25) is 4.79 Å². The predicted molar refractivity (Wildman–Crippen MR) is 59.5 cm³/mol. The van der Waals surface area contributed by atoms with Crippen molar-refractivity contribution in [1.82, 2.24) is 5.32 Å². The Labute approximate surface area is 91.5 Å². The second-order valence-electron chi connectivity index (χ2n) is 4.21. The monoisotopic (exact) mass is 214 g/mol. The number of ether oxygens (including phenoxy) is 1. The van der Waals surface area contributed by atoms with E-state index in [0.29, 0.717) is 19.3 Å². The molecule has 0 bridgehead atoms. The smallest absolute Gasteiger partial charge is 0.234 e. The number of nitrogens with two attached hydrogens (primary N) is 1. The SMILES string of the molecule is CC(NCCOC1CCCCC1)C(N)=O. The second-order valence-corrected chi connectivity index (χ2v) is 4.21. The number of rotatable bonds is 6. The minimum Gasteiger partial charge on any atom is -0.377 e. The summed E-state index contributed by atoms with van der Waals surface area (Å²) in [6, 6.07) is -0.264. The van der Waals surface area contributed by atoms with Crippen molar-refractivity contribution in [2.24, 2.45) is 5.73 Å². The van der Waals surface area contributed by atoms with Crippen LogP contribution in [-0.4, -0.2) is 31.2 Å². The van der Waals surface area contributed by atoms with E-state index in [2.05, 4.69) is 5.32 Å². The summed E-state index contributed by atoms with van der Waals surface area (Å²) in [5, 5.41) is 3.02. The summed E-state index contributed by atoms with van der Waals surface area (Å²) < 4.78 is 5.70. The average Bonchev–Trinajstić information content (AvgIpc) is 2.25. The van der Waals surface area contributed by atoms with Gasteiger partial charge < -0.3 is 15.8 Å². The number of nitrogens with one attached hydrogen (secondary N) is 1. The van der Waals surface area contributed by atoms with Gasteiger partial charge in [-0.1, -0.05) is 19.3 Å². The van der Waals surface area contributed by atoms with Crippen molar-refractivity contribution in [1.29, 1.82) is 0 Å². The fourth-order valence-corrected chi connectivity index (χ4v) is 1.83. The first-order valence-electron chi connectivity index (χ1n) is 5.84. The number of hydrogen-bond acceptors (Lipinski definition) is 3. The zero-order valence-corrected chi connectivity index (χ0v) is 9.50. The lowest BCUT2D eigenvalue weighted by Crippen LogP contribution is -2.40. The third-order valence-electron chi connectivity index (χ3n) is 2.89. The summed E-state index contributed by atoms with van der Waals surface area (Å²) >= 11 is 0. The molecule has 1 aliphatic rings. The molecule has 0 radical (unpaired) electrons. The Balaban J connectivity index is 1.98. The van der Waals surface area contributed by atoms with E-state index in [1.165, 1.54) is 32.1 Å². The number of hydrogen-bond donors (Lipinski definition) is 2. The van der Waals surface area contributed by atoms with E-state index in [0.717, 1.165) is 0 Å². The first-order chi connectivity index (χ1) is 7.20. The van der Waals surface area contributed by atoms with Gasteiger partial charge in [-0.25, -0.2) is 0 Å². The fraction of sp³-hybridized carbons (Fsp3) is 0.909. The zero-order valence-electron chi connectivity index (χ0n) is 9.50. The fourth-order valence-electron chi connectivity index (χ4n) is 1.83. The van der Waals surface area contributed by atoms with Crippen molar-refractivity contribution in [3.8, 4) is 0 Å². The molecule has 0 aromatic heterocycles. The normalized spacial score (nSPS) is 20.1. The molecule has 0 aromatic carbocycles. The van der Waals surface area contributed by atoms with E-state index in [9.17, 15) is 4.79 Å². The van der Waals surface area contributed by atoms with Crippen LogP contribution in [0.4, 0.5) is 0 Å². The number of primary amides is 1. The van der Waals surface area contributed by atoms with Crippen LogP contribution in [-0.2, 0) is 9.53 Å². The summed E-state index contributed by atoms with van der Waals surface area (Å²) in [6.45, 7) is 3.13. The lowest BCUT2D eigenvalue weighted by atomic mass is 9.98. The van der Waals surface area contributed by atoms with E-state index in [1.807, 2.05) is 0 Å². The van der Waals surface area contributed by atoms with Gasteiger partial charge in [0.1, 0.15) is 0 Å². The number of carbonyl (C=O) groups is 1. The van der Waals surface area contributed by atoms with Gasteiger partial charge in [0.15, 0.2) is 0 Å². The third-order valence-corrected chi connectivity index (χ3v) is 2.89. The van der Waals surface area contributed by atoms with Gasteiger partial charge in [-0.05, 0) is 19.8 Å². The summed E-state index contributed by atoms with van der Waals surface area (Å²) in [7, 11) is 0. The van der Waals surface area contributed by atoms with Gasteiger partial charge in [0.2, 0.25) is 5.91 Å². The van der Waals surface area contributed by atoms with Crippen LogP contribution >= 0.6 is 0 Å². The van der Waals surface area contributed by atoms with Gasteiger partial charge in [-0.15, -0.1) is 0 Å². The van der Waals surface area contributed by atoms with Gasteiger partial charge in [0, 0.05) is 6.54 Å². The molecule has 1 saturated carbocycles. The molecule has 4 heteroatoms. The Kier molecular flexibility index (Phi) is 5.65. The summed E-state index contributed by atoms with van der Waals surface area (Å²) in [5.41, 5.74) is 5.12. The number of carbonyl (C=O) groups excluding carboxylic acids is 1.